The Labute approximate surface area is 109 Å². The number of hydrogen-bond donors (Lipinski definition) is 1. The second-order valence-corrected chi connectivity index (χ2v) is 3.72. The summed E-state index contributed by atoms with van der Waals surface area (Å²) >= 11 is 5.78. The molecule has 0 radical (unpaired) electrons. The molecule has 0 saturated heterocycles. The zero-order valence-electron chi connectivity index (χ0n) is 9.64. The van der Waals surface area contributed by atoms with E-state index in [9.17, 15) is 4.79 Å². The fraction of sp³-hybridized carbons (Fsp3) is 0.167. The van der Waals surface area contributed by atoms with E-state index in [1.807, 2.05) is 30.3 Å². The quantitative estimate of drug-likeness (QED) is 0.866. The van der Waals surface area contributed by atoms with Gasteiger partial charge in [-0.2, -0.15) is 4.98 Å². The zero-order chi connectivity index (χ0) is 13.0. The number of imidazole rings is 1. The summed E-state index contributed by atoms with van der Waals surface area (Å²) in [5.74, 6) is 0.102. The number of nitrogens with one attached hydrogen (secondary N) is 1. The average Bonchev–Trinajstić information content (AvgIpc) is 2.71. The standard InChI is InChI=1S/C12H11ClN2O3/c1-2-17-12(16)18-10-9(14-11(13)15-10)8-6-4-3-5-7-8/h3-7H,2H2,1H3,(H,14,15). The number of H-pyrrole nitrogens is 1. The molecule has 0 aliphatic carbocycles. The molecule has 1 N–H and O–H groups in total. The fourth-order valence-electron chi connectivity index (χ4n) is 1.43. The second kappa shape index (κ2) is 5.55. The van der Waals surface area contributed by atoms with Crippen LogP contribution < -0.4 is 4.74 Å². The van der Waals surface area contributed by atoms with E-state index in [1.165, 1.54) is 0 Å². The third-order valence-electron chi connectivity index (χ3n) is 2.15. The maximum absolute atomic E-state index is 11.3. The topological polar surface area (TPSA) is 64.2 Å². The summed E-state index contributed by atoms with van der Waals surface area (Å²) in [7, 11) is 0. The summed E-state index contributed by atoms with van der Waals surface area (Å²) in [4.78, 5) is 18.0. The molecule has 2 rings (SSSR count). The summed E-state index contributed by atoms with van der Waals surface area (Å²) in [6.07, 6.45) is -0.808. The lowest BCUT2D eigenvalue weighted by molar-refractivity contribution is 0.103. The van der Waals surface area contributed by atoms with Gasteiger partial charge in [0.2, 0.25) is 5.28 Å². The first-order chi connectivity index (χ1) is 8.70. The Morgan fingerprint density at radius 2 is 2.11 bits per heavy atom. The van der Waals surface area contributed by atoms with Crippen molar-refractivity contribution in [2.45, 2.75) is 6.92 Å². The number of rotatable bonds is 3. The Morgan fingerprint density at radius 3 is 2.78 bits per heavy atom. The number of hydrogen-bond acceptors (Lipinski definition) is 4. The molecule has 1 aromatic heterocycles. The Morgan fingerprint density at radius 1 is 1.39 bits per heavy atom. The normalized spacial score (nSPS) is 10.1. The number of carbonyl (C=O) groups excluding carboxylic acids is 1. The Bertz CT molecular complexity index is 540. The van der Waals surface area contributed by atoms with Crippen LogP contribution in [-0.2, 0) is 4.74 Å². The van der Waals surface area contributed by atoms with Crippen LogP contribution in [0.4, 0.5) is 4.79 Å². The van der Waals surface area contributed by atoms with Gasteiger partial charge in [0.25, 0.3) is 5.88 Å². The molecule has 0 unspecified atom stereocenters. The lowest BCUT2D eigenvalue weighted by Crippen LogP contribution is -2.10. The van der Waals surface area contributed by atoms with Crippen LogP contribution in [0.5, 0.6) is 5.88 Å². The maximum atomic E-state index is 11.3. The van der Waals surface area contributed by atoms with Gasteiger partial charge in [-0.25, -0.2) is 4.79 Å². The Kier molecular flexibility index (Phi) is 3.84. The minimum Gasteiger partial charge on any atom is -0.434 e. The van der Waals surface area contributed by atoms with Gasteiger partial charge in [-0.05, 0) is 18.5 Å². The molecular weight excluding hydrogens is 256 g/mol. The number of aromatic nitrogens is 2. The number of benzene rings is 1. The largest absolute Gasteiger partial charge is 0.515 e. The van der Waals surface area contributed by atoms with Crippen molar-refractivity contribution in [3.05, 3.63) is 35.6 Å². The number of nitrogens with zero attached hydrogens (tertiary/aromatic N) is 1. The van der Waals surface area contributed by atoms with Gasteiger partial charge in [-0.1, -0.05) is 30.3 Å². The second-order valence-electron chi connectivity index (χ2n) is 3.36. The number of ether oxygens (including phenoxy) is 2. The summed E-state index contributed by atoms with van der Waals surface area (Å²) in [6.45, 7) is 1.93. The first kappa shape index (κ1) is 12.4. The van der Waals surface area contributed by atoms with Crippen LogP contribution in [-0.4, -0.2) is 22.7 Å². The summed E-state index contributed by atoms with van der Waals surface area (Å²) in [6, 6.07) is 9.30. The van der Waals surface area contributed by atoms with Gasteiger partial charge in [0.05, 0.1) is 6.61 Å². The summed E-state index contributed by atoms with van der Waals surface area (Å²) in [5, 5.41) is 0.146. The van der Waals surface area contributed by atoms with Crippen molar-refractivity contribution in [2.24, 2.45) is 0 Å². The van der Waals surface area contributed by atoms with Gasteiger partial charge in [-0.3, -0.25) is 0 Å². The van der Waals surface area contributed by atoms with Crippen LogP contribution in [0, 0.1) is 0 Å². The number of aromatic amines is 1. The number of halogens is 1. The molecule has 94 valence electrons. The monoisotopic (exact) mass is 266 g/mol. The van der Waals surface area contributed by atoms with Gasteiger partial charge >= 0.3 is 6.16 Å². The lowest BCUT2D eigenvalue weighted by atomic mass is 10.2. The van der Waals surface area contributed by atoms with Crippen molar-refractivity contribution in [2.75, 3.05) is 6.61 Å². The minimum atomic E-state index is -0.808. The highest BCUT2D eigenvalue weighted by Crippen LogP contribution is 2.29. The first-order valence-electron chi connectivity index (χ1n) is 5.36. The van der Waals surface area contributed by atoms with Crippen molar-refractivity contribution in [1.82, 2.24) is 9.97 Å². The SMILES string of the molecule is CCOC(=O)Oc1nc(Cl)[nH]c1-c1ccccc1. The lowest BCUT2D eigenvalue weighted by Gasteiger charge is -2.03. The van der Waals surface area contributed by atoms with Crippen molar-refractivity contribution < 1.29 is 14.3 Å². The predicted molar refractivity (Wildman–Crippen MR) is 66.7 cm³/mol. The Balaban J connectivity index is 2.29. The van der Waals surface area contributed by atoms with E-state index in [-0.39, 0.29) is 17.8 Å². The van der Waals surface area contributed by atoms with Crippen LogP contribution in [0.1, 0.15) is 6.92 Å². The highest BCUT2D eigenvalue weighted by molar-refractivity contribution is 6.28. The van der Waals surface area contributed by atoms with Crippen LogP contribution in [0.3, 0.4) is 0 Å². The molecule has 5 nitrogen and oxygen atoms in total. The van der Waals surface area contributed by atoms with Gasteiger partial charge in [0.1, 0.15) is 5.69 Å². The highest BCUT2D eigenvalue weighted by atomic mass is 35.5. The first-order valence-corrected chi connectivity index (χ1v) is 5.74. The third-order valence-corrected chi connectivity index (χ3v) is 2.33. The maximum Gasteiger partial charge on any atom is 0.515 e. The molecule has 6 heteroatoms. The molecule has 2 aromatic rings. The van der Waals surface area contributed by atoms with Gasteiger partial charge in [-0.15, -0.1) is 0 Å². The zero-order valence-corrected chi connectivity index (χ0v) is 10.4. The predicted octanol–water partition coefficient (Wildman–Crippen LogP) is 3.27. The van der Waals surface area contributed by atoms with Gasteiger partial charge < -0.3 is 14.5 Å². The van der Waals surface area contributed by atoms with E-state index in [0.29, 0.717) is 5.69 Å². The highest BCUT2D eigenvalue weighted by Gasteiger charge is 2.16. The van der Waals surface area contributed by atoms with E-state index in [4.69, 9.17) is 16.3 Å². The van der Waals surface area contributed by atoms with E-state index in [2.05, 4.69) is 14.7 Å². The van der Waals surface area contributed by atoms with Crippen LogP contribution >= 0.6 is 11.6 Å². The van der Waals surface area contributed by atoms with E-state index in [0.717, 1.165) is 5.56 Å². The molecule has 0 saturated carbocycles. The minimum absolute atomic E-state index is 0.102. The van der Waals surface area contributed by atoms with Crippen LogP contribution in [0.15, 0.2) is 30.3 Å². The molecule has 0 amide bonds. The average molecular weight is 267 g/mol. The molecule has 1 aromatic carbocycles. The van der Waals surface area contributed by atoms with Crippen molar-refractivity contribution >= 4 is 17.8 Å². The fourth-order valence-corrected chi connectivity index (χ4v) is 1.60. The van der Waals surface area contributed by atoms with Gasteiger partial charge in [0, 0.05) is 5.56 Å². The van der Waals surface area contributed by atoms with E-state index < -0.39 is 6.16 Å². The number of carbonyl (C=O) groups is 1. The molecule has 0 aliphatic rings. The third kappa shape index (κ3) is 2.81. The Hall–Kier alpha value is -2.01. The molecule has 0 spiro atoms. The molecule has 1 heterocycles. The van der Waals surface area contributed by atoms with E-state index >= 15 is 0 Å². The van der Waals surface area contributed by atoms with Crippen molar-refractivity contribution in [1.29, 1.82) is 0 Å². The molecule has 0 atom stereocenters. The van der Waals surface area contributed by atoms with Crippen molar-refractivity contribution in [3.8, 4) is 17.1 Å². The molecule has 0 bridgehead atoms. The van der Waals surface area contributed by atoms with Crippen LogP contribution in [0.2, 0.25) is 5.28 Å². The smallest absolute Gasteiger partial charge is 0.434 e. The van der Waals surface area contributed by atoms with Crippen molar-refractivity contribution in [3.63, 3.8) is 0 Å². The van der Waals surface area contributed by atoms with E-state index in [1.54, 1.807) is 6.92 Å². The molecule has 0 fully saturated rings. The summed E-state index contributed by atoms with van der Waals surface area (Å²) < 4.78 is 9.66. The van der Waals surface area contributed by atoms with Crippen LogP contribution in [0.25, 0.3) is 11.3 Å². The summed E-state index contributed by atoms with van der Waals surface area (Å²) in [5.41, 5.74) is 1.35. The van der Waals surface area contributed by atoms with Gasteiger partial charge in [0.15, 0.2) is 0 Å². The molecule has 18 heavy (non-hydrogen) atoms. The molecule has 0 aliphatic heterocycles. The molecular formula is C12H11ClN2O3.